The monoisotopic (exact) mass is 468 g/mol. The molecule has 0 bridgehead atoms. The van der Waals surface area contributed by atoms with Crippen molar-refractivity contribution in [3.05, 3.63) is 75.9 Å². The summed E-state index contributed by atoms with van der Waals surface area (Å²) >= 11 is 12.4. The van der Waals surface area contributed by atoms with E-state index in [2.05, 4.69) is 16.9 Å². The Morgan fingerprint density at radius 1 is 1.16 bits per heavy atom. The maximum atomic E-state index is 13.1. The Kier molecular flexibility index (Phi) is 6.09. The van der Waals surface area contributed by atoms with E-state index < -0.39 is 5.91 Å². The normalized spacial score (nSPS) is 13.7. The van der Waals surface area contributed by atoms with E-state index in [1.165, 1.54) is 0 Å². The molecule has 2 heterocycles. The summed E-state index contributed by atoms with van der Waals surface area (Å²) < 4.78 is 0. The molecule has 0 saturated carbocycles. The number of rotatable bonds is 5. The number of nitrogens with zero attached hydrogens (tertiary/aromatic N) is 3. The molecule has 3 aromatic rings. The fourth-order valence-electron chi connectivity index (χ4n) is 3.93. The van der Waals surface area contributed by atoms with Crippen LogP contribution in [-0.4, -0.2) is 41.5 Å². The summed E-state index contributed by atoms with van der Waals surface area (Å²) in [4.78, 5) is 34.1. The van der Waals surface area contributed by atoms with Gasteiger partial charge >= 0.3 is 6.03 Å². The van der Waals surface area contributed by atoms with Crippen LogP contribution in [0.1, 0.15) is 22.8 Å². The minimum Gasteiger partial charge on any atom is -0.320 e. The summed E-state index contributed by atoms with van der Waals surface area (Å²) in [6, 6.07) is 10.3. The highest BCUT2D eigenvalue weighted by molar-refractivity contribution is 6.40. The molecule has 8 heteroatoms. The number of aryl methyl sites for hydroxylation is 1. The first-order chi connectivity index (χ1) is 15.3. The van der Waals surface area contributed by atoms with E-state index in [0.717, 1.165) is 22.2 Å². The van der Waals surface area contributed by atoms with Crippen molar-refractivity contribution in [3.63, 3.8) is 0 Å². The molecule has 6 nitrogen and oxygen atoms in total. The largest absolute Gasteiger partial charge is 0.324 e. The Balaban J connectivity index is 1.73. The number of nitrogens with one attached hydrogen (secondary N) is 1. The molecule has 0 aliphatic carbocycles. The van der Waals surface area contributed by atoms with Crippen LogP contribution < -0.4 is 10.2 Å². The Morgan fingerprint density at radius 2 is 1.84 bits per heavy atom. The minimum atomic E-state index is -0.429. The standard InChI is InChI=1S/C24H22Cl2N4O2/c1-14(2)13-29-10-11-30(24(29)32)22-15(3)12-27-21-16(22)6-4-9-19(21)28-23(31)20-17(25)7-5-8-18(20)26/h4-9,12H,1,10-11,13H2,2-3H3,(H,28,31). The van der Waals surface area contributed by atoms with Crippen molar-refractivity contribution in [2.45, 2.75) is 13.8 Å². The number of hydrogen-bond acceptors (Lipinski definition) is 3. The van der Waals surface area contributed by atoms with Gasteiger partial charge in [-0.15, -0.1) is 0 Å². The van der Waals surface area contributed by atoms with Gasteiger partial charge in [-0.25, -0.2) is 4.79 Å². The molecular formula is C24H22Cl2N4O2. The van der Waals surface area contributed by atoms with Crippen LogP contribution in [0.5, 0.6) is 0 Å². The maximum Gasteiger partial charge on any atom is 0.324 e. The second kappa shape index (κ2) is 8.81. The van der Waals surface area contributed by atoms with Crippen LogP contribution in [0.4, 0.5) is 16.2 Å². The van der Waals surface area contributed by atoms with Gasteiger partial charge in [-0.3, -0.25) is 14.7 Å². The molecule has 1 aliphatic rings. The zero-order valence-electron chi connectivity index (χ0n) is 17.8. The number of benzene rings is 2. The number of aromatic nitrogens is 1. The number of amides is 3. The Labute approximate surface area is 196 Å². The summed E-state index contributed by atoms with van der Waals surface area (Å²) in [6.45, 7) is 9.46. The average Bonchev–Trinajstić information content (AvgIpc) is 3.07. The quantitative estimate of drug-likeness (QED) is 0.472. The van der Waals surface area contributed by atoms with Crippen molar-refractivity contribution in [1.82, 2.24) is 9.88 Å². The van der Waals surface area contributed by atoms with E-state index in [4.69, 9.17) is 23.2 Å². The average molecular weight is 469 g/mol. The van der Waals surface area contributed by atoms with Crippen LogP contribution in [0.2, 0.25) is 10.0 Å². The molecule has 1 aliphatic heterocycles. The van der Waals surface area contributed by atoms with E-state index in [0.29, 0.717) is 30.8 Å². The van der Waals surface area contributed by atoms with Crippen molar-refractivity contribution in [1.29, 1.82) is 0 Å². The number of pyridine rings is 1. The van der Waals surface area contributed by atoms with E-state index in [1.807, 2.05) is 26.0 Å². The van der Waals surface area contributed by atoms with Crippen LogP contribution in [0, 0.1) is 6.92 Å². The summed E-state index contributed by atoms with van der Waals surface area (Å²) in [5.41, 5.74) is 3.88. The molecule has 1 fully saturated rings. The van der Waals surface area contributed by atoms with Gasteiger partial charge in [0, 0.05) is 31.2 Å². The van der Waals surface area contributed by atoms with Gasteiger partial charge in [-0.05, 0) is 37.6 Å². The van der Waals surface area contributed by atoms with Crippen LogP contribution in [-0.2, 0) is 0 Å². The predicted octanol–water partition coefficient (Wildman–Crippen LogP) is 5.92. The summed E-state index contributed by atoms with van der Waals surface area (Å²) in [7, 11) is 0. The van der Waals surface area contributed by atoms with Crippen LogP contribution >= 0.6 is 23.2 Å². The first-order valence-electron chi connectivity index (χ1n) is 10.1. The number of fused-ring (bicyclic) bond motifs is 1. The Hall–Kier alpha value is -3.09. The van der Waals surface area contributed by atoms with E-state index in [9.17, 15) is 9.59 Å². The first-order valence-corrected chi connectivity index (χ1v) is 10.9. The number of hydrogen-bond donors (Lipinski definition) is 1. The molecule has 2 aromatic carbocycles. The van der Waals surface area contributed by atoms with E-state index in [1.54, 1.807) is 40.3 Å². The number of carbonyl (C=O) groups excluding carboxylic acids is 2. The van der Waals surface area contributed by atoms with Gasteiger partial charge in [-0.1, -0.05) is 53.6 Å². The van der Waals surface area contributed by atoms with Crippen molar-refractivity contribution in [3.8, 4) is 0 Å². The molecule has 32 heavy (non-hydrogen) atoms. The molecule has 4 rings (SSSR count). The van der Waals surface area contributed by atoms with E-state index >= 15 is 0 Å². The van der Waals surface area contributed by atoms with Gasteiger partial charge in [-0.2, -0.15) is 0 Å². The summed E-state index contributed by atoms with van der Waals surface area (Å²) in [6.07, 6.45) is 1.71. The summed E-state index contributed by atoms with van der Waals surface area (Å²) in [5.74, 6) is -0.429. The zero-order valence-corrected chi connectivity index (χ0v) is 19.3. The molecule has 0 atom stereocenters. The highest BCUT2D eigenvalue weighted by Gasteiger charge is 2.31. The summed E-state index contributed by atoms with van der Waals surface area (Å²) in [5, 5.41) is 4.17. The highest BCUT2D eigenvalue weighted by atomic mass is 35.5. The lowest BCUT2D eigenvalue weighted by molar-refractivity contribution is 0.102. The van der Waals surface area contributed by atoms with Gasteiger partial charge < -0.3 is 10.2 Å². The molecule has 1 aromatic heterocycles. The molecule has 1 N–H and O–H groups in total. The lowest BCUT2D eigenvalue weighted by Crippen LogP contribution is -2.33. The Morgan fingerprint density at radius 3 is 2.53 bits per heavy atom. The van der Waals surface area contributed by atoms with Crippen molar-refractivity contribution < 1.29 is 9.59 Å². The van der Waals surface area contributed by atoms with Gasteiger partial charge in [0.2, 0.25) is 0 Å². The molecule has 0 radical (unpaired) electrons. The SMILES string of the molecule is C=C(C)CN1CCN(c2c(C)cnc3c(NC(=O)c4c(Cl)cccc4Cl)cccc23)C1=O. The van der Waals surface area contributed by atoms with Gasteiger partial charge in [0.1, 0.15) is 0 Å². The van der Waals surface area contributed by atoms with Crippen LogP contribution in [0.25, 0.3) is 10.9 Å². The lowest BCUT2D eigenvalue weighted by atomic mass is 10.1. The van der Waals surface area contributed by atoms with Crippen LogP contribution in [0.15, 0.2) is 54.7 Å². The molecule has 1 saturated heterocycles. The Bertz CT molecular complexity index is 1240. The number of para-hydroxylation sites is 1. The smallest absolute Gasteiger partial charge is 0.320 e. The molecule has 164 valence electrons. The molecule has 0 spiro atoms. The third-order valence-corrected chi connectivity index (χ3v) is 5.95. The minimum absolute atomic E-state index is 0.0686. The highest BCUT2D eigenvalue weighted by Crippen LogP contribution is 2.35. The number of halogens is 2. The second-order valence-corrected chi connectivity index (χ2v) is 8.67. The van der Waals surface area contributed by atoms with Gasteiger partial charge in [0.15, 0.2) is 0 Å². The number of carbonyl (C=O) groups is 2. The maximum absolute atomic E-state index is 13.1. The topological polar surface area (TPSA) is 65.5 Å². The fraction of sp³-hybridized carbons (Fsp3) is 0.208. The van der Waals surface area contributed by atoms with E-state index in [-0.39, 0.29) is 21.6 Å². The fourth-order valence-corrected chi connectivity index (χ4v) is 4.50. The zero-order chi connectivity index (χ0) is 23.0. The number of urea groups is 1. The van der Waals surface area contributed by atoms with Crippen molar-refractivity contribution >= 4 is 57.4 Å². The van der Waals surface area contributed by atoms with Crippen molar-refractivity contribution in [2.75, 3.05) is 29.9 Å². The predicted molar refractivity (Wildman–Crippen MR) is 130 cm³/mol. The second-order valence-electron chi connectivity index (χ2n) is 7.86. The van der Waals surface area contributed by atoms with Gasteiger partial charge in [0.05, 0.1) is 32.5 Å². The van der Waals surface area contributed by atoms with Crippen molar-refractivity contribution in [2.24, 2.45) is 0 Å². The number of anilines is 2. The molecule has 0 unspecified atom stereocenters. The third-order valence-electron chi connectivity index (χ3n) is 5.32. The molecular weight excluding hydrogens is 447 g/mol. The lowest BCUT2D eigenvalue weighted by Gasteiger charge is -2.22. The first kappa shape index (κ1) is 22.1. The van der Waals surface area contributed by atoms with Crippen LogP contribution in [0.3, 0.4) is 0 Å². The third kappa shape index (κ3) is 4.04. The molecule has 3 amide bonds. The van der Waals surface area contributed by atoms with Gasteiger partial charge in [0.25, 0.3) is 5.91 Å².